The smallest absolute Gasteiger partial charge is 0.226 e. The standard InChI is InChI=1S/C23H35N7O/c1-15-12-25-8-6-18(15)23(31)29-9-4-3-5-20(29)19-11-21-26-22(16(2)13-30(21)27-19)28-10-7-17(24)14-28/h11,13,15,17-18,20,25H,3-10,12,14,24H2,1-2H3/t15?,17-,18?,20-/m0/s1. The van der Waals surface area contributed by atoms with E-state index in [1.807, 2.05) is 4.52 Å². The number of likely N-dealkylation sites (tertiary alicyclic amines) is 1. The Morgan fingerprint density at radius 2 is 2.10 bits per heavy atom. The number of nitrogens with zero attached hydrogens (tertiary/aromatic N) is 5. The van der Waals surface area contributed by atoms with Gasteiger partial charge in [-0.2, -0.15) is 5.10 Å². The maximum Gasteiger partial charge on any atom is 0.226 e. The van der Waals surface area contributed by atoms with Crippen LogP contribution in [0.1, 0.15) is 56.3 Å². The van der Waals surface area contributed by atoms with Gasteiger partial charge in [-0.05, 0) is 58.0 Å². The van der Waals surface area contributed by atoms with E-state index in [1.165, 1.54) is 0 Å². The Balaban J connectivity index is 1.43. The van der Waals surface area contributed by atoms with Gasteiger partial charge in [0.25, 0.3) is 0 Å². The largest absolute Gasteiger partial charge is 0.355 e. The number of aromatic nitrogens is 3. The van der Waals surface area contributed by atoms with Crippen LogP contribution < -0.4 is 16.0 Å². The van der Waals surface area contributed by atoms with Crippen molar-refractivity contribution in [3.05, 3.63) is 23.5 Å². The molecule has 8 heteroatoms. The normalized spacial score (nSPS) is 29.6. The van der Waals surface area contributed by atoms with E-state index in [4.69, 9.17) is 15.8 Å². The van der Waals surface area contributed by atoms with E-state index in [-0.39, 0.29) is 18.0 Å². The van der Waals surface area contributed by atoms with Crippen molar-refractivity contribution in [1.82, 2.24) is 24.8 Å². The number of rotatable bonds is 3. The molecule has 2 aromatic rings. The maximum absolute atomic E-state index is 13.5. The molecule has 2 unspecified atom stereocenters. The number of aryl methyl sites for hydroxylation is 1. The van der Waals surface area contributed by atoms with Crippen LogP contribution in [-0.4, -0.2) is 64.2 Å². The number of piperidine rings is 2. The molecule has 0 aliphatic carbocycles. The second kappa shape index (κ2) is 8.39. The summed E-state index contributed by atoms with van der Waals surface area (Å²) in [7, 11) is 0. The van der Waals surface area contributed by atoms with E-state index in [2.05, 4.69) is 41.2 Å². The Hall–Kier alpha value is -2.19. The molecule has 4 atom stereocenters. The first-order valence-corrected chi connectivity index (χ1v) is 11.9. The maximum atomic E-state index is 13.5. The highest BCUT2D eigenvalue weighted by Crippen LogP contribution is 2.34. The Bertz CT molecular complexity index is 957. The highest BCUT2D eigenvalue weighted by molar-refractivity contribution is 5.80. The average Bonchev–Trinajstić information content (AvgIpc) is 3.38. The lowest BCUT2D eigenvalue weighted by atomic mass is 9.85. The van der Waals surface area contributed by atoms with Gasteiger partial charge in [-0.1, -0.05) is 6.92 Å². The number of hydrogen-bond acceptors (Lipinski definition) is 6. The number of nitrogens with one attached hydrogen (secondary N) is 1. The summed E-state index contributed by atoms with van der Waals surface area (Å²) in [5.41, 5.74) is 9.04. The van der Waals surface area contributed by atoms with Gasteiger partial charge in [-0.15, -0.1) is 0 Å². The Kier molecular flexibility index (Phi) is 5.60. The van der Waals surface area contributed by atoms with Crippen LogP contribution in [0.25, 0.3) is 5.65 Å². The lowest BCUT2D eigenvalue weighted by Crippen LogP contribution is -2.47. The van der Waals surface area contributed by atoms with E-state index in [1.54, 1.807) is 0 Å². The molecule has 0 aromatic carbocycles. The van der Waals surface area contributed by atoms with Crippen molar-refractivity contribution in [1.29, 1.82) is 0 Å². The first-order valence-electron chi connectivity index (χ1n) is 11.9. The number of nitrogens with two attached hydrogens (primary N) is 1. The minimum Gasteiger partial charge on any atom is -0.355 e. The van der Waals surface area contributed by atoms with Crippen LogP contribution in [0, 0.1) is 18.8 Å². The van der Waals surface area contributed by atoms with Crippen LogP contribution in [-0.2, 0) is 4.79 Å². The van der Waals surface area contributed by atoms with E-state index in [9.17, 15) is 4.79 Å². The third-order valence-electron chi connectivity index (χ3n) is 7.38. The van der Waals surface area contributed by atoms with E-state index in [0.29, 0.717) is 11.8 Å². The fourth-order valence-electron chi connectivity index (χ4n) is 5.58. The third-order valence-corrected chi connectivity index (χ3v) is 7.38. The van der Waals surface area contributed by atoms with E-state index < -0.39 is 0 Å². The molecule has 0 bridgehead atoms. The molecule has 2 aromatic heterocycles. The van der Waals surface area contributed by atoms with Gasteiger partial charge in [0.1, 0.15) is 5.82 Å². The second-order valence-electron chi connectivity index (χ2n) is 9.73. The summed E-state index contributed by atoms with van der Waals surface area (Å²) in [6, 6.07) is 2.35. The molecule has 3 aliphatic rings. The number of carbonyl (C=O) groups is 1. The summed E-state index contributed by atoms with van der Waals surface area (Å²) >= 11 is 0. The predicted octanol–water partition coefficient (Wildman–Crippen LogP) is 1.87. The summed E-state index contributed by atoms with van der Waals surface area (Å²) < 4.78 is 1.88. The average molecular weight is 426 g/mol. The number of anilines is 1. The Morgan fingerprint density at radius 1 is 1.23 bits per heavy atom. The lowest BCUT2D eigenvalue weighted by molar-refractivity contribution is -0.142. The van der Waals surface area contributed by atoms with Crippen LogP contribution in [0.5, 0.6) is 0 Å². The van der Waals surface area contributed by atoms with Gasteiger partial charge in [0.15, 0.2) is 5.65 Å². The van der Waals surface area contributed by atoms with E-state index in [0.717, 1.165) is 87.6 Å². The number of carbonyl (C=O) groups excluding carboxylic acids is 1. The molecule has 0 radical (unpaired) electrons. The van der Waals surface area contributed by atoms with Crippen LogP contribution in [0.4, 0.5) is 5.82 Å². The van der Waals surface area contributed by atoms with Crippen molar-refractivity contribution in [2.24, 2.45) is 17.6 Å². The minimum absolute atomic E-state index is 0.0500. The summed E-state index contributed by atoms with van der Waals surface area (Å²) in [5, 5.41) is 8.29. The quantitative estimate of drug-likeness (QED) is 0.780. The zero-order valence-electron chi connectivity index (χ0n) is 18.8. The summed E-state index contributed by atoms with van der Waals surface area (Å²) in [5.74, 6) is 1.81. The van der Waals surface area contributed by atoms with Crippen molar-refractivity contribution >= 4 is 17.4 Å². The minimum atomic E-state index is 0.0500. The Labute approximate surface area is 184 Å². The zero-order chi connectivity index (χ0) is 21.5. The van der Waals surface area contributed by atoms with Gasteiger partial charge >= 0.3 is 0 Å². The van der Waals surface area contributed by atoms with Gasteiger partial charge in [0, 0.05) is 49.4 Å². The molecule has 5 heterocycles. The summed E-state index contributed by atoms with van der Waals surface area (Å²) in [6.07, 6.45) is 7.18. The highest BCUT2D eigenvalue weighted by atomic mass is 16.2. The zero-order valence-corrected chi connectivity index (χ0v) is 18.8. The SMILES string of the molecule is Cc1cn2nc([C@@H]3CCCCN3C(=O)C3CCNCC3C)cc2nc1N1CC[C@H](N)C1. The number of fused-ring (bicyclic) bond motifs is 1. The van der Waals surface area contributed by atoms with Crippen LogP contribution in [0.3, 0.4) is 0 Å². The molecule has 0 saturated carbocycles. The molecule has 3 N–H and O–H groups in total. The first kappa shape index (κ1) is 20.7. The summed E-state index contributed by atoms with van der Waals surface area (Å²) in [4.78, 5) is 22.8. The molecule has 1 amide bonds. The van der Waals surface area contributed by atoms with Crippen molar-refractivity contribution in [2.45, 2.75) is 58.0 Å². The molecule has 8 nitrogen and oxygen atoms in total. The van der Waals surface area contributed by atoms with Crippen molar-refractivity contribution in [3.63, 3.8) is 0 Å². The van der Waals surface area contributed by atoms with Gasteiger partial charge in [-0.25, -0.2) is 9.50 Å². The molecule has 3 saturated heterocycles. The van der Waals surface area contributed by atoms with Crippen LogP contribution >= 0.6 is 0 Å². The first-order chi connectivity index (χ1) is 15.0. The lowest BCUT2D eigenvalue weighted by Gasteiger charge is -2.39. The van der Waals surface area contributed by atoms with Gasteiger partial charge < -0.3 is 20.9 Å². The molecule has 5 rings (SSSR count). The number of hydrogen-bond donors (Lipinski definition) is 2. The van der Waals surface area contributed by atoms with Crippen LogP contribution in [0.15, 0.2) is 12.3 Å². The Morgan fingerprint density at radius 3 is 2.87 bits per heavy atom. The monoisotopic (exact) mass is 425 g/mol. The summed E-state index contributed by atoms with van der Waals surface area (Å²) in [6.45, 7) is 8.77. The van der Waals surface area contributed by atoms with Crippen molar-refractivity contribution in [2.75, 3.05) is 37.6 Å². The molecule has 31 heavy (non-hydrogen) atoms. The molecular formula is C23H35N7O. The van der Waals surface area contributed by atoms with Gasteiger partial charge in [0.2, 0.25) is 5.91 Å². The number of amides is 1. The van der Waals surface area contributed by atoms with Crippen LogP contribution in [0.2, 0.25) is 0 Å². The van der Waals surface area contributed by atoms with Gasteiger partial charge in [-0.3, -0.25) is 4.79 Å². The molecule has 168 valence electrons. The van der Waals surface area contributed by atoms with Crippen molar-refractivity contribution in [3.8, 4) is 0 Å². The fraction of sp³-hybridized carbons (Fsp3) is 0.696. The topological polar surface area (TPSA) is 91.8 Å². The third kappa shape index (κ3) is 3.91. The molecule has 0 spiro atoms. The second-order valence-corrected chi connectivity index (χ2v) is 9.73. The fourth-order valence-corrected chi connectivity index (χ4v) is 5.58. The molecular weight excluding hydrogens is 390 g/mol. The predicted molar refractivity (Wildman–Crippen MR) is 121 cm³/mol. The van der Waals surface area contributed by atoms with Gasteiger partial charge in [0.05, 0.1) is 11.7 Å². The van der Waals surface area contributed by atoms with Crippen molar-refractivity contribution < 1.29 is 4.79 Å². The highest BCUT2D eigenvalue weighted by Gasteiger charge is 2.37. The molecule has 3 fully saturated rings. The molecule has 3 aliphatic heterocycles. The van der Waals surface area contributed by atoms with E-state index >= 15 is 0 Å².